The third-order valence-electron chi connectivity index (χ3n) is 7.37. The van der Waals surface area contributed by atoms with E-state index >= 15 is 0 Å². The first kappa shape index (κ1) is 32.4. The lowest BCUT2D eigenvalue weighted by atomic mass is 9.91. The van der Waals surface area contributed by atoms with E-state index in [1.807, 2.05) is 6.92 Å². The fraction of sp³-hybridized carbons (Fsp3) is 0.133. The molecule has 0 aliphatic rings. The van der Waals surface area contributed by atoms with E-state index in [9.17, 15) is 56.0 Å². The number of aryl methyl sites for hydroxylation is 2. The molecular formula is C30H22O16S2. The number of rotatable bonds is 7. The lowest BCUT2D eigenvalue weighted by Gasteiger charge is -2.20. The zero-order chi connectivity index (χ0) is 35.0. The number of fused-ring (bicyclic) bond motifs is 4. The molecule has 0 saturated heterocycles. The van der Waals surface area contributed by atoms with E-state index in [4.69, 9.17) is 13.0 Å². The monoisotopic (exact) mass is 702 g/mol. The van der Waals surface area contributed by atoms with Crippen LogP contribution in [-0.2, 0) is 27.2 Å². The van der Waals surface area contributed by atoms with Crippen LogP contribution in [0.1, 0.15) is 24.9 Å². The van der Waals surface area contributed by atoms with Crippen molar-refractivity contribution in [2.75, 3.05) is 0 Å². The third kappa shape index (κ3) is 5.45. The van der Waals surface area contributed by atoms with Gasteiger partial charge in [-0.3, -0.25) is 18.7 Å². The Morgan fingerprint density at radius 1 is 0.667 bits per heavy atom. The Morgan fingerprint density at radius 2 is 1.23 bits per heavy atom. The van der Waals surface area contributed by atoms with Gasteiger partial charge in [0.25, 0.3) is 0 Å². The molecule has 0 unspecified atom stereocenters. The van der Waals surface area contributed by atoms with Crippen LogP contribution in [0.4, 0.5) is 0 Å². The lowest BCUT2D eigenvalue weighted by molar-refractivity contribution is 0.381. The van der Waals surface area contributed by atoms with Crippen LogP contribution >= 0.6 is 0 Å². The highest BCUT2D eigenvalue weighted by atomic mass is 32.3. The molecule has 0 aliphatic heterocycles. The first-order chi connectivity index (χ1) is 22.4. The van der Waals surface area contributed by atoms with Gasteiger partial charge in [-0.2, -0.15) is 16.8 Å². The lowest BCUT2D eigenvalue weighted by Crippen LogP contribution is -2.10. The average molecular weight is 703 g/mol. The second-order valence-electron chi connectivity index (χ2n) is 10.7. The van der Waals surface area contributed by atoms with Gasteiger partial charge in [-0.1, -0.05) is 6.92 Å². The van der Waals surface area contributed by atoms with Crippen LogP contribution < -0.4 is 19.2 Å². The van der Waals surface area contributed by atoms with Crippen LogP contribution in [0, 0.1) is 6.92 Å². The fourth-order valence-corrected chi connectivity index (χ4v) is 6.41. The summed E-state index contributed by atoms with van der Waals surface area (Å²) in [6.45, 7) is 3.21. The van der Waals surface area contributed by atoms with E-state index in [2.05, 4.69) is 4.18 Å². The highest BCUT2D eigenvalue weighted by molar-refractivity contribution is 7.81. The SMILES string of the molecule is CCCc1cc(=O)c2c(O)c3c(O)c(-c4c(OS(=O)(=O)O)cc(O)c5c(O)c6c(=O)cc(C)oc6cc45)c(OS(=O)(=O)O)cc3cc2o1. The second kappa shape index (κ2) is 11.0. The number of hydrogen-bond acceptors (Lipinski definition) is 14. The van der Waals surface area contributed by atoms with Gasteiger partial charge in [-0.25, -0.2) is 0 Å². The molecule has 16 nitrogen and oxygen atoms in total. The Labute approximate surface area is 268 Å². The number of benzene rings is 4. The van der Waals surface area contributed by atoms with Crippen molar-refractivity contribution in [1.29, 1.82) is 0 Å². The molecule has 0 aliphatic carbocycles. The Kier molecular flexibility index (Phi) is 7.43. The van der Waals surface area contributed by atoms with Gasteiger partial charge in [0.15, 0.2) is 22.4 Å². The van der Waals surface area contributed by atoms with Crippen molar-refractivity contribution in [3.63, 3.8) is 0 Å². The van der Waals surface area contributed by atoms with Crippen LogP contribution in [0.2, 0.25) is 0 Å². The normalized spacial score (nSPS) is 12.3. The summed E-state index contributed by atoms with van der Waals surface area (Å²) >= 11 is 0. The van der Waals surface area contributed by atoms with Crippen LogP contribution in [0.25, 0.3) is 54.6 Å². The molecule has 0 radical (unpaired) electrons. The van der Waals surface area contributed by atoms with Crippen molar-refractivity contribution in [1.82, 2.24) is 0 Å². The van der Waals surface area contributed by atoms with Gasteiger partial charge < -0.3 is 37.6 Å². The molecule has 6 rings (SSSR count). The molecule has 2 heterocycles. The summed E-state index contributed by atoms with van der Waals surface area (Å²) in [7, 11) is -10.9. The van der Waals surface area contributed by atoms with E-state index < -0.39 is 104 Å². The Balaban J connectivity index is 1.88. The highest BCUT2D eigenvalue weighted by Gasteiger charge is 2.31. The minimum absolute atomic E-state index is 0.0454. The molecular weight excluding hydrogens is 680 g/mol. The molecule has 0 saturated carbocycles. The first-order valence-corrected chi connectivity index (χ1v) is 16.4. The molecule has 0 amide bonds. The molecule has 0 spiro atoms. The maximum absolute atomic E-state index is 13.1. The highest BCUT2D eigenvalue weighted by Crippen LogP contribution is 2.55. The number of hydrogen-bond donors (Lipinski definition) is 6. The van der Waals surface area contributed by atoms with Crippen LogP contribution in [0.15, 0.2) is 54.8 Å². The zero-order valence-electron chi connectivity index (χ0n) is 24.5. The summed E-state index contributed by atoms with van der Waals surface area (Å²) < 4.78 is 88.0. The summed E-state index contributed by atoms with van der Waals surface area (Å²) in [5.74, 6) is -5.49. The Morgan fingerprint density at radius 3 is 1.83 bits per heavy atom. The first-order valence-electron chi connectivity index (χ1n) is 13.7. The van der Waals surface area contributed by atoms with Gasteiger partial charge in [-0.05, 0) is 36.9 Å². The summed E-state index contributed by atoms with van der Waals surface area (Å²) in [5, 5.41) is 42.5. The van der Waals surface area contributed by atoms with Gasteiger partial charge in [0.1, 0.15) is 56.5 Å². The van der Waals surface area contributed by atoms with Crippen molar-refractivity contribution in [3.8, 4) is 45.6 Å². The van der Waals surface area contributed by atoms with E-state index in [1.54, 1.807) is 0 Å². The van der Waals surface area contributed by atoms with Crippen LogP contribution in [-0.4, -0.2) is 46.4 Å². The third-order valence-corrected chi connectivity index (χ3v) is 8.15. The zero-order valence-corrected chi connectivity index (χ0v) is 26.1. The molecule has 250 valence electrons. The van der Waals surface area contributed by atoms with E-state index in [-0.39, 0.29) is 28.1 Å². The predicted molar refractivity (Wildman–Crippen MR) is 169 cm³/mol. The summed E-state index contributed by atoms with van der Waals surface area (Å²) in [4.78, 5) is 25.8. The maximum Gasteiger partial charge on any atom is 0.446 e. The van der Waals surface area contributed by atoms with Gasteiger partial charge in [0, 0.05) is 35.6 Å². The number of phenolic OH excluding ortho intramolecular Hbond substituents is 4. The van der Waals surface area contributed by atoms with Crippen LogP contribution in [0.3, 0.4) is 0 Å². The van der Waals surface area contributed by atoms with Crippen molar-refractivity contribution in [2.24, 2.45) is 0 Å². The van der Waals surface area contributed by atoms with Gasteiger partial charge in [0.2, 0.25) is 0 Å². The van der Waals surface area contributed by atoms with E-state index in [0.717, 1.165) is 30.3 Å². The summed E-state index contributed by atoms with van der Waals surface area (Å²) in [6, 6.07) is 5.72. The number of phenols is 4. The quantitative estimate of drug-likeness (QED) is 0.0998. The summed E-state index contributed by atoms with van der Waals surface area (Å²) in [6.07, 6.45) is 0.934. The van der Waals surface area contributed by atoms with Gasteiger partial charge in [0.05, 0.1) is 16.3 Å². The van der Waals surface area contributed by atoms with Crippen molar-refractivity contribution >= 4 is 64.3 Å². The molecule has 4 aromatic carbocycles. The van der Waals surface area contributed by atoms with Crippen molar-refractivity contribution < 1.29 is 63.6 Å². The number of aromatic hydroxyl groups is 4. The standard InChI is InChI=1S/C30H22O16S2/c1-3-4-13-8-16(32)26-18(44-13)6-12-7-20(45-47(37,38)39)27(29(35)22(12)28(26)34)24-14-9-19-25(15(31)5-11(2)43-19)30(36)23(14)17(33)10-21(24)46-48(40,41)42/h5-10,33-36H,3-4H2,1-2H3,(H,37,38,39)(H,40,41,42). The topological polar surface area (TPSA) is 269 Å². The fourth-order valence-electron chi connectivity index (χ4n) is 5.70. The molecule has 6 N–H and O–H groups in total. The Hall–Kier alpha value is -5.56. The molecule has 0 bridgehead atoms. The van der Waals surface area contributed by atoms with Crippen LogP contribution in [0.5, 0.6) is 34.5 Å². The molecule has 6 aromatic rings. The van der Waals surface area contributed by atoms with Crippen molar-refractivity contribution in [2.45, 2.75) is 26.7 Å². The second-order valence-corrected chi connectivity index (χ2v) is 12.7. The summed E-state index contributed by atoms with van der Waals surface area (Å²) in [5.41, 5.74) is -3.61. The van der Waals surface area contributed by atoms with E-state index in [0.29, 0.717) is 18.9 Å². The van der Waals surface area contributed by atoms with Gasteiger partial charge in [-0.15, -0.1) is 0 Å². The molecule has 2 aromatic heterocycles. The largest absolute Gasteiger partial charge is 0.507 e. The maximum atomic E-state index is 13.1. The minimum atomic E-state index is -5.45. The Bertz CT molecular complexity index is 2730. The van der Waals surface area contributed by atoms with Gasteiger partial charge >= 0.3 is 20.8 Å². The van der Waals surface area contributed by atoms with E-state index in [1.165, 1.54) is 6.92 Å². The molecule has 0 fully saturated rings. The smallest absolute Gasteiger partial charge is 0.446 e. The van der Waals surface area contributed by atoms with Crippen molar-refractivity contribution in [3.05, 3.63) is 68.4 Å². The molecule has 0 atom stereocenters. The predicted octanol–water partition coefficient (Wildman–Crippen LogP) is 4.32. The molecule has 18 heteroatoms. The average Bonchev–Trinajstić information content (AvgIpc) is 2.91. The molecule has 48 heavy (non-hydrogen) atoms. The minimum Gasteiger partial charge on any atom is -0.507 e.